The van der Waals surface area contributed by atoms with Gasteiger partial charge in [-0.1, -0.05) is 6.07 Å². The van der Waals surface area contributed by atoms with E-state index in [-0.39, 0.29) is 11.5 Å². The number of aliphatic hydroxyl groups is 1. The van der Waals surface area contributed by atoms with Gasteiger partial charge in [-0.25, -0.2) is 13.1 Å². The molecule has 1 aromatic rings. The first-order valence-corrected chi connectivity index (χ1v) is 7.54. The normalized spacial score (nSPS) is 19.2. The number of anilines is 1. The van der Waals surface area contributed by atoms with Crippen molar-refractivity contribution >= 4 is 15.7 Å². The summed E-state index contributed by atoms with van der Waals surface area (Å²) in [5, 5.41) is 9.50. The number of sulfonamides is 1. The van der Waals surface area contributed by atoms with Crippen molar-refractivity contribution in [3.05, 3.63) is 24.3 Å². The molecule has 1 aromatic carbocycles. The average molecular weight is 286 g/mol. The van der Waals surface area contributed by atoms with Crippen LogP contribution in [0.4, 0.5) is 5.69 Å². The van der Waals surface area contributed by atoms with E-state index in [0.29, 0.717) is 31.7 Å². The standard InChI is InChI=1S/C12H18N2O4S/c13-10-2-1-3-11(8-10)19(16,17)14-12(9-15)4-6-18-7-5-12/h1-3,8,14-15H,4-7,9,13H2. The van der Waals surface area contributed by atoms with Crippen molar-refractivity contribution in [1.82, 2.24) is 4.72 Å². The first-order chi connectivity index (χ1) is 8.97. The lowest BCUT2D eigenvalue weighted by molar-refractivity contribution is 0.0223. The molecule has 0 spiro atoms. The molecule has 0 bridgehead atoms. The molecule has 1 heterocycles. The van der Waals surface area contributed by atoms with Crippen LogP contribution in [0.25, 0.3) is 0 Å². The van der Waals surface area contributed by atoms with Crippen molar-refractivity contribution in [2.75, 3.05) is 25.6 Å². The predicted octanol–water partition coefficient (Wildman–Crippen LogP) is 0.0886. The van der Waals surface area contributed by atoms with Crippen LogP contribution in [0.1, 0.15) is 12.8 Å². The summed E-state index contributed by atoms with van der Waals surface area (Å²) in [6.07, 6.45) is 0.899. The summed E-state index contributed by atoms with van der Waals surface area (Å²) < 4.78 is 32.4. The van der Waals surface area contributed by atoms with Gasteiger partial charge in [0.2, 0.25) is 10.0 Å². The third-order valence-corrected chi connectivity index (χ3v) is 4.85. The van der Waals surface area contributed by atoms with Gasteiger partial charge in [0, 0.05) is 18.9 Å². The Balaban J connectivity index is 2.25. The fraction of sp³-hybridized carbons (Fsp3) is 0.500. The summed E-state index contributed by atoms with van der Waals surface area (Å²) in [7, 11) is -3.70. The van der Waals surface area contributed by atoms with Gasteiger partial charge in [0.25, 0.3) is 0 Å². The van der Waals surface area contributed by atoms with Crippen LogP contribution < -0.4 is 10.5 Å². The van der Waals surface area contributed by atoms with Crippen LogP contribution in [0.15, 0.2) is 29.2 Å². The Morgan fingerprint density at radius 3 is 2.63 bits per heavy atom. The minimum Gasteiger partial charge on any atom is -0.399 e. The van der Waals surface area contributed by atoms with Crippen LogP contribution >= 0.6 is 0 Å². The van der Waals surface area contributed by atoms with Gasteiger partial charge in [-0.3, -0.25) is 0 Å². The molecule has 7 heteroatoms. The molecule has 4 N–H and O–H groups in total. The van der Waals surface area contributed by atoms with Crippen molar-refractivity contribution in [2.24, 2.45) is 0 Å². The number of benzene rings is 1. The number of nitrogens with two attached hydrogens (primary N) is 1. The maximum absolute atomic E-state index is 12.3. The Kier molecular flexibility index (Phi) is 4.10. The van der Waals surface area contributed by atoms with Crippen LogP contribution in [-0.4, -0.2) is 38.9 Å². The highest BCUT2D eigenvalue weighted by molar-refractivity contribution is 7.89. The molecular formula is C12H18N2O4S. The Labute approximate surface area is 112 Å². The first-order valence-electron chi connectivity index (χ1n) is 6.06. The lowest BCUT2D eigenvalue weighted by Gasteiger charge is -2.35. The van der Waals surface area contributed by atoms with E-state index in [2.05, 4.69) is 4.72 Å². The monoisotopic (exact) mass is 286 g/mol. The Morgan fingerprint density at radius 1 is 1.37 bits per heavy atom. The highest BCUT2D eigenvalue weighted by atomic mass is 32.2. The fourth-order valence-electron chi connectivity index (χ4n) is 2.08. The lowest BCUT2D eigenvalue weighted by atomic mass is 9.93. The minimum absolute atomic E-state index is 0.104. The van der Waals surface area contributed by atoms with Crippen LogP contribution in [-0.2, 0) is 14.8 Å². The van der Waals surface area contributed by atoms with Gasteiger partial charge in [0.05, 0.1) is 17.0 Å². The summed E-state index contributed by atoms with van der Waals surface area (Å²) >= 11 is 0. The number of nitrogens with one attached hydrogen (secondary N) is 1. The zero-order valence-corrected chi connectivity index (χ0v) is 11.3. The largest absolute Gasteiger partial charge is 0.399 e. The highest BCUT2D eigenvalue weighted by Gasteiger charge is 2.36. The summed E-state index contributed by atoms with van der Waals surface area (Å²) in [5.74, 6) is 0. The Hall–Kier alpha value is -1.15. The van der Waals surface area contributed by atoms with Gasteiger partial charge >= 0.3 is 0 Å². The van der Waals surface area contributed by atoms with E-state index < -0.39 is 15.6 Å². The molecule has 1 aliphatic rings. The van der Waals surface area contributed by atoms with Gasteiger partial charge in [-0.15, -0.1) is 0 Å². The van der Waals surface area contributed by atoms with E-state index in [1.165, 1.54) is 12.1 Å². The average Bonchev–Trinajstić information content (AvgIpc) is 2.39. The molecule has 0 saturated carbocycles. The van der Waals surface area contributed by atoms with E-state index >= 15 is 0 Å². The molecule has 0 unspecified atom stereocenters. The second-order valence-electron chi connectivity index (χ2n) is 4.73. The van der Waals surface area contributed by atoms with Gasteiger partial charge in [-0.2, -0.15) is 0 Å². The number of hydrogen-bond acceptors (Lipinski definition) is 5. The van der Waals surface area contributed by atoms with Gasteiger partial charge in [-0.05, 0) is 31.0 Å². The molecule has 0 aromatic heterocycles. The number of nitrogen functional groups attached to an aromatic ring is 1. The molecule has 0 atom stereocenters. The van der Waals surface area contributed by atoms with Crippen LogP contribution in [0.3, 0.4) is 0 Å². The maximum Gasteiger partial charge on any atom is 0.241 e. The van der Waals surface area contributed by atoms with Gasteiger partial charge in [0.15, 0.2) is 0 Å². The molecule has 0 amide bonds. The molecular weight excluding hydrogens is 268 g/mol. The van der Waals surface area contributed by atoms with Crippen molar-refractivity contribution in [3.63, 3.8) is 0 Å². The van der Waals surface area contributed by atoms with E-state index in [9.17, 15) is 13.5 Å². The predicted molar refractivity (Wildman–Crippen MR) is 71.0 cm³/mol. The molecule has 106 valence electrons. The molecule has 2 rings (SSSR count). The van der Waals surface area contributed by atoms with Crippen molar-refractivity contribution in [3.8, 4) is 0 Å². The van der Waals surface area contributed by atoms with Gasteiger partial charge < -0.3 is 15.6 Å². The minimum atomic E-state index is -3.70. The number of rotatable bonds is 4. The quantitative estimate of drug-likeness (QED) is 0.681. The van der Waals surface area contributed by atoms with Crippen molar-refractivity contribution < 1.29 is 18.3 Å². The summed E-state index contributed by atoms with van der Waals surface area (Å²) in [6, 6.07) is 6.07. The van der Waals surface area contributed by atoms with E-state index in [4.69, 9.17) is 10.5 Å². The second-order valence-corrected chi connectivity index (χ2v) is 6.41. The fourth-order valence-corrected chi connectivity index (χ4v) is 3.59. The molecule has 1 fully saturated rings. The third-order valence-electron chi connectivity index (χ3n) is 3.27. The third kappa shape index (κ3) is 3.24. The molecule has 1 saturated heterocycles. The Morgan fingerprint density at radius 2 is 2.05 bits per heavy atom. The van der Waals surface area contributed by atoms with Crippen LogP contribution in [0.5, 0.6) is 0 Å². The van der Waals surface area contributed by atoms with Crippen molar-refractivity contribution in [2.45, 2.75) is 23.3 Å². The molecule has 1 aliphatic heterocycles. The van der Waals surface area contributed by atoms with Crippen LogP contribution in [0.2, 0.25) is 0 Å². The number of aliphatic hydroxyl groups excluding tert-OH is 1. The highest BCUT2D eigenvalue weighted by Crippen LogP contribution is 2.23. The lowest BCUT2D eigenvalue weighted by Crippen LogP contribution is -2.54. The van der Waals surface area contributed by atoms with Crippen LogP contribution in [0, 0.1) is 0 Å². The smallest absolute Gasteiger partial charge is 0.241 e. The molecule has 0 aliphatic carbocycles. The Bertz CT molecular complexity index is 538. The SMILES string of the molecule is Nc1cccc(S(=O)(=O)NC2(CO)CCOCC2)c1. The second kappa shape index (κ2) is 5.46. The zero-order valence-electron chi connectivity index (χ0n) is 10.5. The zero-order chi connectivity index (χ0) is 13.9. The molecule has 0 radical (unpaired) electrons. The van der Waals surface area contributed by atoms with E-state index in [0.717, 1.165) is 0 Å². The number of ether oxygens (including phenoxy) is 1. The number of hydrogen-bond donors (Lipinski definition) is 3. The molecule has 19 heavy (non-hydrogen) atoms. The maximum atomic E-state index is 12.3. The first kappa shape index (κ1) is 14.3. The topological polar surface area (TPSA) is 102 Å². The summed E-state index contributed by atoms with van der Waals surface area (Å²) in [4.78, 5) is 0.104. The van der Waals surface area contributed by atoms with E-state index in [1.807, 2.05) is 0 Å². The van der Waals surface area contributed by atoms with Gasteiger partial charge in [0.1, 0.15) is 0 Å². The summed E-state index contributed by atoms with van der Waals surface area (Å²) in [5.41, 5.74) is 5.13. The van der Waals surface area contributed by atoms with Crippen molar-refractivity contribution in [1.29, 1.82) is 0 Å². The summed E-state index contributed by atoms with van der Waals surface area (Å²) in [6.45, 7) is 0.609. The molecule has 6 nitrogen and oxygen atoms in total. The van der Waals surface area contributed by atoms with E-state index in [1.54, 1.807) is 12.1 Å².